The van der Waals surface area contributed by atoms with Gasteiger partial charge in [0.15, 0.2) is 0 Å². The van der Waals surface area contributed by atoms with Gasteiger partial charge in [-0.3, -0.25) is 10.1 Å². The molecule has 0 radical (unpaired) electrons. The van der Waals surface area contributed by atoms with Crippen LogP contribution in [0.4, 0.5) is 17.2 Å². The van der Waals surface area contributed by atoms with Crippen LogP contribution in [-0.2, 0) is 0 Å². The zero-order valence-corrected chi connectivity index (χ0v) is 13.8. The molecule has 1 heterocycles. The number of hydrogen-bond donors (Lipinski definition) is 2. The lowest BCUT2D eigenvalue weighted by Gasteiger charge is -2.10. The number of unbranched alkanes of at least 4 members (excludes halogenated alkanes) is 2. The first kappa shape index (κ1) is 17.2. The van der Waals surface area contributed by atoms with E-state index in [0.717, 1.165) is 25.8 Å². The number of nitro benzene ring substituents is 1. The minimum absolute atomic E-state index is 0.0272. The number of nitrogens with zero attached hydrogens (tertiary/aromatic N) is 3. The predicted molar refractivity (Wildman–Crippen MR) is 93.4 cm³/mol. The lowest BCUT2D eigenvalue weighted by molar-refractivity contribution is -0.383. The van der Waals surface area contributed by atoms with E-state index in [2.05, 4.69) is 20.6 Å². The Hall–Kier alpha value is -2.15. The van der Waals surface area contributed by atoms with Crippen molar-refractivity contribution in [1.82, 2.24) is 9.97 Å². The van der Waals surface area contributed by atoms with Crippen LogP contribution in [0, 0.1) is 10.1 Å². The van der Waals surface area contributed by atoms with E-state index in [0.29, 0.717) is 34.8 Å². The Morgan fingerprint density at radius 1 is 1.22 bits per heavy atom. The van der Waals surface area contributed by atoms with Gasteiger partial charge >= 0.3 is 0 Å². The second-order valence-electron chi connectivity index (χ2n) is 5.07. The molecular weight excluding hydrogens is 318 g/mol. The van der Waals surface area contributed by atoms with Crippen LogP contribution in [0.1, 0.15) is 26.2 Å². The number of halogens is 1. The van der Waals surface area contributed by atoms with Gasteiger partial charge in [-0.2, -0.15) is 0 Å². The molecular formula is C15H20ClN5O2. The Balaban J connectivity index is 2.28. The van der Waals surface area contributed by atoms with Crippen LogP contribution < -0.4 is 10.6 Å². The number of fused-ring (bicyclic) bond motifs is 1. The maximum atomic E-state index is 11.3. The third-order valence-corrected chi connectivity index (χ3v) is 3.69. The lowest BCUT2D eigenvalue weighted by atomic mass is 10.1. The number of nitro groups is 1. The van der Waals surface area contributed by atoms with Gasteiger partial charge in [-0.15, -0.1) is 11.6 Å². The van der Waals surface area contributed by atoms with Crippen LogP contribution >= 0.6 is 11.6 Å². The number of hydrogen-bond acceptors (Lipinski definition) is 6. The number of aromatic nitrogens is 2. The molecule has 0 atom stereocenters. The van der Waals surface area contributed by atoms with Crippen molar-refractivity contribution in [2.24, 2.45) is 0 Å². The molecule has 0 aliphatic carbocycles. The van der Waals surface area contributed by atoms with Gasteiger partial charge in [0.1, 0.15) is 17.8 Å². The summed E-state index contributed by atoms with van der Waals surface area (Å²) in [5.41, 5.74) is 1.17. The molecule has 2 aromatic rings. The first-order chi connectivity index (χ1) is 11.2. The Bertz CT molecular complexity index is 680. The fourth-order valence-corrected chi connectivity index (χ4v) is 2.51. The van der Waals surface area contributed by atoms with Gasteiger partial charge in [0, 0.05) is 30.4 Å². The Morgan fingerprint density at radius 2 is 2.04 bits per heavy atom. The Kier molecular flexibility index (Phi) is 6.34. The van der Waals surface area contributed by atoms with Crippen LogP contribution in [0.5, 0.6) is 0 Å². The highest BCUT2D eigenvalue weighted by Crippen LogP contribution is 2.31. The molecule has 0 saturated carbocycles. The van der Waals surface area contributed by atoms with E-state index in [1.54, 1.807) is 6.07 Å². The minimum Gasteiger partial charge on any atom is -0.380 e. The highest BCUT2D eigenvalue weighted by Gasteiger charge is 2.17. The molecule has 1 aromatic carbocycles. The summed E-state index contributed by atoms with van der Waals surface area (Å²) in [7, 11) is 0. The van der Waals surface area contributed by atoms with Gasteiger partial charge in [-0.05, 0) is 25.8 Å². The van der Waals surface area contributed by atoms with Crippen LogP contribution in [-0.4, -0.2) is 33.9 Å². The topological polar surface area (TPSA) is 93.0 Å². The van der Waals surface area contributed by atoms with Crippen molar-refractivity contribution in [3.63, 3.8) is 0 Å². The third-order valence-electron chi connectivity index (χ3n) is 3.42. The van der Waals surface area contributed by atoms with Gasteiger partial charge in [-0.1, -0.05) is 6.42 Å². The fraction of sp³-hybridized carbons (Fsp3) is 0.467. The van der Waals surface area contributed by atoms with Gasteiger partial charge in [0.2, 0.25) is 0 Å². The molecule has 23 heavy (non-hydrogen) atoms. The molecule has 1 aromatic heterocycles. The molecule has 2 N–H and O–H groups in total. The average Bonchev–Trinajstić information content (AvgIpc) is 2.54. The fourth-order valence-electron chi connectivity index (χ4n) is 2.32. The van der Waals surface area contributed by atoms with E-state index >= 15 is 0 Å². The lowest BCUT2D eigenvalue weighted by Crippen LogP contribution is -2.06. The van der Waals surface area contributed by atoms with Crippen molar-refractivity contribution in [3.8, 4) is 0 Å². The highest BCUT2D eigenvalue weighted by atomic mass is 35.5. The largest absolute Gasteiger partial charge is 0.380 e. The second kappa shape index (κ2) is 8.47. The summed E-state index contributed by atoms with van der Waals surface area (Å²) >= 11 is 5.65. The second-order valence-corrected chi connectivity index (χ2v) is 5.45. The van der Waals surface area contributed by atoms with Crippen LogP contribution in [0.25, 0.3) is 10.9 Å². The van der Waals surface area contributed by atoms with Crippen molar-refractivity contribution in [2.45, 2.75) is 26.2 Å². The number of nitrogens with one attached hydrogen (secondary N) is 2. The SMILES string of the molecule is CCNc1cc2ncnc(NCCCCCCl)c2cc1[N+](=O)[O-]. The molecule has 0 fully saturated rings. The summed E-state index contributed by atoms with van der Waals surface area (Å²) in [5, 5.41) is 18.2. The van der Waals surface area contributed by atoms with E-state index in [9.17, 15) is 10.1 Å². The van der Waals surface area contributed by atoms with E-state index in [1.165, 1.54) is 12.4 Å². The van der Waals surface area contributed by atoms with Crippen molar-refractivity contribution in [1.29, 1.82) is 0 Å². The Labute approximate surface area is 139 Å². The molecule has 0 aliphatic rings. The standard InChI is InChI=1S/C15H20ClN5O2/c1-2-17-13-9-12-11(8-14(13)21(22)23)15(20-10-19-12)18-7-5-3-4-6-16/h8-10,17H,2-7H2,1H3,(H,18,19,20). The monoisotopic (exact) mass is 337 g/mol. The first-order valence-electron chi connectivity index (χ1n) is 7.64. The number of anilines is 2. The first-order valence-corrected chi connectivity index (χ1v) is 8.17. The average molecular weight is 338 g/mol. The van der Waals surface area contributed by atoms with Crippen LogP contribution in [0.15, 0.2) is 18.5 Å². The summed E-state index contributed by atoms with van der Waals surface area (Å²) in [4.78, 5) is 19.3. The molecule has 8 heteroatoms. The molecule has 7 nitrogen and oxygen atoms in total. The maximum absolute atomic E-state index is 11.3. The molecule has 2 rings (SSSR count). The van der Waals surface area contributed by atoms with Crippen LogP contribution in [0.3, 0.4) is 0 Å². The van der Waals surface area contributed by atoms with Gasteiger partial charge in [-0.25, -0.2) is 9.97 Å². The van der Waals surface area contributed by atoms with Gasteiger partial charge in [0.05, 0.1) is 10.4 Å². The number of benzene rings is 1. The maximum Gasteiger partial charge on any atom is 0.293 e. The van der Waals surface area contributed by atoms with E-state index in [1.807, 2.05) is 6.92 Å². The zero-order chi connectivity index (χ0) is 16.7. The summed E-state index contributed by atoms with van der Waals surface area (Å²) < 4.78 is 0. The summed E-state index contributed by atoms with van der Waals surface area (Å²) in [6, 6.07) is 3.21. The summed E-state index contributed by atoms with van der Waals surface area (Å²) in [6.45, 7) is 3.23. The third kappa shape index (κ3) is 4.41. The van der Waals surface area contributed by atoms with Crippen molar-refractivity contribution >= 4 is 39.7 Å². The summed E-state index contributed by atoms with van der Waals surface area (Å²) in [6.07, 6.45) is 4.44. The highest BCUT2D eigenvalue weighted by molar-refractivity contribution is 6.17. The van der Waals surface area contributed by atoms with Crippen molar-refractivity contribution < 1.29 is 4.92 Å². The molecule has 0 bridgehead atoms. The van der Waals surface area contributed by atoms with E-state index < -0.39 is 4.92 Å². The Morgan fingerprint density at radius 3 is 2.74 bits per heavy atom. The van der Waals surface area contributed by atoms with E-state index in [-0.39, 0.29) is 5.69 Å². The molecule has 0 saturated heterocycles. The van der Waals surface area contributed by atoms with Crippen molar-refractivity contribution in [3.05, 3.63) is 28.6 Å². The van der Waals surface area contributed by atoms with Gasteiger partial charge in [0.25, 0.3) is 5.69 Å². The molecule has 0 amide bonds. The minimum atomic E-state index is -0.394. The quantitative estimate of drug-likeness (QED) is 0.313. The molecule has 0 aliphatic heterocycles. The predicted octanol–water partition coefficient (Wildman–Crippen LogP) is 3.79. The number of alkyl halides is 1. The zero-order valence-electron chi connectivity index (χ0n) is 13.0. The summed E-state index contributed by atoms with van der Waals surface area (Å²) in [5.74, 6) is 1.28. The number of rotatable bonds is 9. The molecule has 124 valence electrons. The molecule has 0 unspecified atom stereocenters. The van der Waals surface area contributed by atoms with Crippen molar-refractivity contribution in [2.75, 3.05) is 29.6 Å². The normalized spacial score (nSPS) is 10.7. The smallest absolute Gasteiger partial charge is 0.293 e. The van der Waals surface area contributed by atoms with Gasteiger partial charge < -0.3 is 10.6 Å². The van der Waals surface area contributed by atoms with Crippen LogP contribution in [0.2, 0.25) is 0 Å². The van der Waals surface area contributed by atoms with E-state index in [4.69, 9.17) is 11.6 Å². The molecule has 0 spiro atoms.